The van der Waals surface area contributed by atoms with Crippen molar-refractivity contribution >= 4 is 33.0 Å². The highest BCUT2D eigenvalue weighted by Gasteiger charge is 2.24. The summed E-state index contributed by atoms with van der Waals surface area (Å²) in [5.41, 5.74) is 6.21. The molecule has 0 saturated heterocycles. The van der Waals surface area contributed by atoms with Crippen LogP contribution in [0.5, 0.6) is 0 Å². The summed E-state index contributed by atoms with van der Waals surface area (Å²) in [6.07, 6.45) is 0. The van der Waals surface area contributed by atoms with E-state index in [-0.39, 0.29) is 9.92 Å². The van der Waals surface area contributed by atoms with Crippen LogP contribution in [0.15, 0.2) is 47.4 Å². The Kier molecular flexibility index (Phi) is 3.87. The fourth-order valence-electron chi connectivity index (χ4n) is 1.65. The van der Waals surface area contributed by atoms with Crippen molar-refractivity contribution in [1.82, 2.24) is 0 Å². The molecule has 2 N–H and O–H groups in total. The lowest BCUT2D eigenvalue weighted by atomic mass is 10.3. The van der Waals surface area contributed by atoms with Crippen LogP contribution >= 0.6 is 11.6 Å². The largest absolute Gasteiger partial charge is 0.399 e. The third-order valence-electron chi connectivity index (χ3n) is 2.78. The standard InChI is InChI=1S/C13H12ClFN2O2S/c1-17(11-5-2-9(15)3-6-11)20(18,19)13-8-10(16)4-7-12(13)14/h2-8H,16H2,1H3. The van der Waals surface area contributed by atoms with E-state index in [4.69, 9.17) is 17.3 Å². The van der Waals surface area contributed by atoms with E-state index in [1.165, 1.54) is 49.5 Å². The Morgan fingerprint density at radius 2 is 1.75 bits per heavy atom. The molecule has 2 aromatic carbocycles. The van der Waals surface area contributed by atoms with Gasteiger partial charge < -0.3 is 5.73 Å². The zero-order chi connectivity index (χ0) is 14.9. The zero-order valence-electron chi connectivity index (χ0n) is 10.5. The lowest BCUT2D eigenvalue weighted by Crippen LogP contribution is -2.26. The number of anilines is 2. The molecule has 106 valence electrons. The molecule has 0 aliphatic rings. The first-order valence-corrected chi connectivity index (χ1v) is 7.43. The summed E-state index contributed by atoms with van der Waals surface area (Å²) >= 11 is 5.92. The van der Waals surface area contributed by atoms with E-state index in [1.807, 2.05) is 0 Å². The van der Waals surface area contributed by atoms with Crippen molar-refractivity contribution in [3.05, 3.63) is 53.3 Å². The van der Waals surface area contributed by atoms with E-state index in [1.54, 1.807) is 0 Å². The summed E-state index contributed by atoms with van der Waals surface area (Å²) in [5, 5.41) is 0.0770. The maximum atomic E-state index is 12.9. The van der Waals surface area contributed by atoms with Crippen molar-refractivity contribution in [2.24, 2.45) is 0 Å². The SMILES string of the molecule is CN(c1ccc(F)cc1)S(=O)(=O)c1cc(N)ccc1Cl. The van der Waals surface area contributed by atoms with Gasteiger partial charge in [-0.05, 0) is 42.5 Å². The van der Waals surface area contributed by atoms with Gasteiger partial charge in [-0.25, -0.2) is 12.8 Å². The normalized spacial score (nSPS) is 11.3. The Morgan fingerprint density at radius 1 is 1.15 bits per heavy atom. The Balaban J connectivity index is 2.49. The molecule has 20 heavy (non-hydrogen) atoms. The second-order valence-electron chi connectivity index (χ2n) is 4.14. The predicted octanol–water partition coefficient (Wildman–Crippen LogP) is 2.89. The van der Waals surface area contributed by atoms with E-state index in [0.29, 0.717) is 11.4 Å². The molecular weight excluding hydrogens is 303 g/mol. The van der Waals surface area contributed by atoms with Gasteiger partial charge in [0.05, 0.1) is 10.7 Å². The molecule has 0 atom stereocenters. The average Bonchev–Trinajstić information content (AvgIpc) is 2.41. The van der Waals surface area contributed by atoms with Crippen molar-refractivity contribution in [3.8, 4) is 0 Å². The molecule has 0 heterocycles. The number of benzene rings is 2. The molecule has 0 unspecified atom stereocenters. The van der Waals surface area contributed by atoms with E-state index < -0.39 is 15.8 Å². The van der Waals surface area contributed by atoms with Crippen LogP contribution in [0.4, 0.5) is 15.8 Å². The molecule has 2 aromatic rings. The average molecular weight is 315 g/mol. The minimum Gasteiger partial charge on any atom is -0.399 e. The summed E-state index contributed by atoms with van der Waals surface area (Å²) in [5.74, 6) is -0.443. The van der Waals surface area contributed by atoms with Gasteiger partial charge in [-0.2, -0.15) is 0 Å². The van der Waals surface area contributed by atoms with E-state index >= 15 is 0 Å². The van der Waals surface area contributed by atoms with Crippen molar-refractivity contribution < 1.29 is 12.8 Å². The van der Waals surface area contributed by atoms with Crippen LogP contribution in [-0.4, -0.2) is 15.5 Å². The summed E-state index contributed by atoms with van der Waals surface area (Å²) in [7, 11) is -2.50. The minimum absolute atomic E-state index is 0.0770. The molecule has 0 saturated carbocycles. The molecule has 0 aliphatic heterocycles. The van der Waals surface area contributed by atoms with Gasteiger partial charge in [-0.15, -0.1) is 0 Å². The highest BCUT2D eigenvalue weighted by molar-refractivity contribution is 7.93. The minimum atomic E-state index is -3.86. The van der Waals surface area contributed by atoms with Crippen LogP contribution in [0.1, 0.15) is 0 Å². The Bertz CT molecular complexity index is 733. The number of hydrogen-bond donors (Lipinski definition) is 1. The number of sulfonamides is 1. The Morgan fingerprint density at radius 3 is 2.35 bits per heavy atom. The molecule has 0 fully saturated rings. The van der Waals surface area contributed by atoms with Crippen LogP contribution in [-0.2, 0) is 10.0 Å². The van der Waals surface area contributed by atoms with Gasteiger partial charge in [0.15, 0.2) is 0 Å². The molecule has 4 nitrogen and oxygen atoms in total. The van der Waals surface area contributed by atoms with Crippen molar-refractivity contribution in [2.75, 3.05) is 17.1 Å². The van der Waals surface area contributed by atoms with E-state index in [2.05, 4.69) is 0 Å². The summed E-state index contributed by atoms with van der Waals surface area (Å²) < 4.78 is 38.9. The molecule has 0 spiro atoms. The second kappa shape index (κ2) is 5.30. The van der Waals surface area contributed by atoms with Crippen LogP contribution in [0.25, 0.3) is 0 Å². The smallest absolute Gasteiger partial charge is 0.265 e. The Labute approximate surface area is 121 Å². The third kappa shape index (κ3) is 2.71. The number of hydrogen-bond acceptors (Lipinski definition) is 3. The lowest BCUT2D eigenvalue weighted by Gasteiger charge is -2.20. The number of rotatable bonds is 3. The van der Waals surface area contributed by atoms with Crippen LogP contribution in [0.3, 0.4) is 0 Å². The predicted molar refractivity (Wildman–Crippen MR) is 77.9 cm³/mol. The molecule has 7 heteroatoms. The zero-order valence-corrected chi connectivity index (χ0v) is 12.1. The fraction of sp³-hybridized carbons (Fsp3) is 0.0769. The monoisotopic (exact) mass is 314 g/mol. The van der Waals surface area contributed by atoms with E-state index in [0.717, 1.165) is 4.31 Å². The molecule has 0 radical (unpaired) electrons. The summed E-state index contributed by atoms with van der Waals surface area (Å²) in [6.45, 7) is 0. The molecule has 0 bridgehead atoms. The second-order valence-corrected chi connectivity index (χ2v) is 6.48. The van der Waals surface area contributed by atoms with Gasteiger partial charge in [-0.3, -0.25) is 4.31 Å². The van der Waals surface area contributed by atoms with Crippen molar-refractivity contribution in [1.29, 1.82) is 0 Å². The van der Waals surface area contributed by atoms with Crippen molar-refractivity contribution in [2.45, 2.75) is 4.90 Å². The first kappa shape index (κ1) is 14.6. The van der Waals surface area contributed by atoms with E-state index in [9.17, 15) is 12.8 Å². The fourth-order valence-corrected chi connectivity index (χ4v) is 3.36. The number of nitrogen functional groups attached to an aromatic ring is 1. The summed E-state index contributed by atoms with van der Waals surface area (Å²) in [4.78, 5) is -0.0917. The quantitative estimate of drug-likeness (QED) is 0.886. The van der Waals surface area contributed by atoms with Gasteiger partial charge in [0.25, 0.3) is 10.0 Å². The first-order chi connectivity index (χ1) is 9.32. The number of nitrogens with two attached hydrogens (primary N) is 1. The molecule has 0 aromatic heterocycles. The van der Waals surface area contributed by atoms with Crippen LogP contribution in [0, 0.1) is 5.82 Å². The molecule has 0 aliphatic carbocycles. The highest BCUT2D eigenvalue weighted by atomic mass is 35.5. The topological polar surface area (TPSA) is 63.4 Å². The van der Waals surface area contributed by atoms with Gasteiger partial charge in [-0.1, -0.05) is 11.6 Å². The number of nitrogens with zero attached hydrogens (tertiary/aromatic N) is 1. The van der Waals surface area contributed by atoms with Gasteiger partial charge in [0, 0.05) is 12.7 Å². The third-order valence-corrected chi connectivity index (χ3v) is 5.05. The number of halogens is 2. The Hall–Kier alpha value is -1.79. The summed E-state index contributed by atoms with van der Waals surface area (Å²) in [6, 6.07) is 9.32. The van der Waals surface area contributed by atoms with Crippen LogP contribution in [0.2, 0.25) is 5.02 Å². The van der Waals surface area contributed by atoms with Gasteiger partial charge in [0.2, 0.25) is 0 Å². The van der Waals surface area contributed by atoms with Gasteiger partial charge >= 0.3 is 0 Å². The maximum Gasteiger partial charge on any atom is 0.265 e. The van der Waals surface area contributed by atoms with Crippen molar-refractivity contribution in [3.63, 3.8) is 0 Å². The van der Waals surface area contributed by atoms with Crippen LogP contribution < -0.4 is 10.0 Å². The maximum absolute atomic E-state index is 12.9. The molecule has 0 amide bonds. The first-order valence-electron chi connectivity index (χ1n) is 5.62. The molecule has 2 rings (SSSR count). The molecular formula is C13H12ClFN2O2S. The van der Waals surface area contributed by atoms with Gasteiger partial charge in [0.1, 0.15) is 10.7 Å². The lowest BCUT2D eigenvalue weighted by molar-refractivity contribution is 0.594. The highest BCUT2D eigenvalue weighted by Crippen LogP contribution is 2.28.